The van der Waals surface area contributed by atoms with E-state index in [-0.39, 0.29) is 0 Å². The van der Waals surface area contributed by atoms with Crippen molar-refractivity contribution in [1.29, 1.82) is 0 Å². The van der Waals surface area contributed by atoms with Crippen molar-refractivity contribution in [2.45, 2.75) is 0 Å². The van der Waals surface area contributed by atoms with E-state index in [4.69, 9.17) is 0 Å². The molecular weight excluding hydrogens is 275 g/mol. The Kier molecular flexibility index (Phi) is 3.77. The first kappa shape index (κ1) is 13.9. The molecule has 0 aliphatic heterocycles. The molecule has 2 heteroatoms. The molecule has 1 atom stereocenters. The molecule has 0 spiro atoms. The third-order valence-corrected chi connectivity index (χ3v) is 5.67. The van der Waals surface area contributed by atoms with E-state index in [1.807, 2.05) is 67.1 Å². The van der Waals surface area contributed by atoms with Gasteiger partial charge in [0, 0.05) is 5.30 Å². The Hall–Kier alpha value is -2.11. The van der Waals surface area contributed by atoms with Gasteiger partial charge in [-0.2, -0.15) is 0 Å². The van der Waals surface area contributed by atoms with Crippen molar-refractivity contribution in [2.75, 3.05) is 6.66 Å². The first-order valence-corrected chi connectivity index (χ1v) is 9.19. The van der Waals surface area contributed by atoms with Crippen LogP contribution in [0.2, 0.25) is 0 Å². The lowest BCUT2D eigenvalue weighted by molar-refractivity contribution is 0.590. The Morgan fingerprint density at radius 2 is 1.48 bits per heavy atom. The molecule has 0 fully saturated rings. The molecule has 0 N–H and O–H groups in total. The lowest BCUT2D eigenvalue weighted by Crippen LogP contribution is -1.99. The summed E-state index contributed by atoms with van der Waals surface area (Å²) in [6.07, 6.45) is 1.98. The van der Waals surface area contributed by atoms with Crippen LogP contribution < -0.4 is 5.30 Å². The van der Waals surface area contributed by atoms with Crippen molar-refractivity contribution >= 4 is 29.3 Å². The molecule has 0 saturated carbocycles. The van der Waals surface area contributed by atoms with Gasteiger partial charge in [-0.25, -0.2) is 0 Å². The maximum Gasteiger partial charge on any atom is 0.133 e. The molecule has 21 heavy (non-hydrogen) atoms. The molecule has 0 aromatic heterocycles. The summed E-state index contributed by atoms with van der Waals surface area (Å²) < 4.78 is 12.8. The number of fused-ring (bicyclic) bond motifs is 1. The van der Waals surface area contributed by atoms with Gasteiger partial charge < -0.3 is 4.57 Å². The maximum atomic E-state index is 12.8. The van der Waals surface area contributed by atoms with E-state index in [0.29, 0.717) is 0 Å². The molecule has 0 radical (unpaired) electrons. The fourth-order valence-corrected chi connectivity index (χ4v) is 3.81. The summed E-state index contributed by atoms with van der Waals surface area (Å²) in [5.41, 5.74) is 1.10. The summed E-state index contributed by atoms with van der Waals surface area (Å²) in [5.74, 6) is 1.85. The molecule has 0 aliphatic rings. The van der Waals surface area contributed by atoms with Crippen LogP contribution in [0.3, 0.4) is 0 Å². The van der Waals surface area contributed by atoms with Gasteiger partial charge in [-0.1, -0.05) is 78.9 Å². The smallest absolute Gasteiger partial charge is 0.133 e. The number of hydrogen-bond acceptors (Lipinski definition) is 1. The Labute approximate surface area is 125 Å². The lowest BCUT2D eigenvalue weighted by atomic mass is 10.1. The van der Waals surface area contributed by atoms with Crippen LogP contribution in [0.25, 0.3) is 16.8 Å². The van der Waals surface area contributed by atoms with Gasteiger partial charge in [0.2, 0.25) is 0 Å². The summed E-state index contributed by atoms with van der Waals surface area (Å²) in [7, 11) is -2.47. The zero-order chi connectivity index (χ0) is 14.7. The van der Waals surface area contributed by atoms with Gasteiger partial charge in [0.15, 0.2) is 0 Å². The zero-order valence-corrected chi connectivity index (χ0v) is 12.8. The molecule has 1 nitrogen and oxygen atoms in total. The topological polar surface area (TPSA) is 17.1 Å². The van der Waals surface area contributed by atoms with Crippen LogP contribution >= 0.6 is 7.14 Å². The van der Waals surface area contributed by atoms with Crippen molar-refractivity contribution in [2.24, 2.45) is 0 Å². The highest BCUT2D eigenvalue weighted by Crippen LogP contribution is 2.42. The highest BCUT2D eigenvalue weighted by atomic mass is 31.2. The van der Waals surface area contributed by atoms with E-state index in [1.54, 1.807) is 0 Å². The van der Waals surface area contributed by atoms with E-state index in [0.717, 1.165) is 10.9 Å². The average Bonchev–Trinajstić information content (AvgIpc) is 2.54. The van der Waals surface area contributed by atoms with Crippen LogP contribution in [0, 0.1) is 0 Å². The predicted molar refractivity (Wildman–Crippen MR) is 92.6 cm³/mol. The first-order chi connectivity index (χ1) is 10.2. The predicted octanol–water partition coefficient (Wildman–Crippen LogP) is 5.13. The summed E-state index contributed by atoms with van der Waals surface area (Å²) in [5, 5.41) is 3.27. The quantitative estimate of drug-likeness (QED) is 0.612. The number of hydrogen-bond donors (Lipinski definition) is 0. The second-order valence-corrected chi connectivity index (χ2v) is 8.00. The highest BCUT2D eigenvalue weighted by molar-refractivity contribution is 7.74. The minimum absolute atomic E-state index is 0.890. The molecule has 0 saturated heterocycles. The summed E-state index contributed by atoms with van der Waals surface area (Å²) >= 11 is 0. The Bertz CT molecular complexity index is 829. The van der Waals surface area contributed by atoms with Crippen molar-refractivity contribution in [3.63, 3.8) is 0 Å². The standard InChI is InChI=1S/C19H17OP/c1-21(20,18-11-3-2-4-12-18)15-14-17-10-7-9-16-8-5-6-13-19(16)17/h2-15H,1H3/b15-14+. The number of rotatable bonds is 3. The molecule has 104 valence electrons. The van der Waals surface area contributed by atoms with E-state index < -0.39 is 7.14 Å². The van der Waals surface area contributed by atoms with Crippen LogP contribution in [0.4, 0.5) is 0 Å². The molecule has 3 rings (SSSR count). The van der Waals surface area contributed by atoms with Crippen LogP contribution in [-0.4, -0.2) is 6.66 Å². The SMILES string of the molecule is CP(=O)(/C=C/c1cccc2ccccc12)c1ccccc1. The monoisotopic (exact) mass is 292 g/mol. The third-order valence-electron chi connectivity index (χ3n) is 3.63. The second-order valence-electron chi connectivity index (χ2n) is 5.21. The van der Waals surface area contributed by atoms with E-state index >= 15 is 0 Å². The second kappa shape index (κ2) is 5.71. The molecule has 0 amide bonds. The van der Waals surface area contributed by atoms with Gasteiger partial charge in [0.05, 0.1) is 0 Å². The molecular formula is C19H17OP. The molecule has 3 aromatic rings. The molecule has 1 unspecified atom stereocenters. The van der Waals surface area contributed by atoms with Crippen molar-refractivity contribution in [1.82, 2.24) is 0 Å². The third kappa shape index (κ3) is 2.99. The molecule has 0 heterocycles. The van der Waals surface area contributed by atoms with Gasteiger partial charge in [0.1, 0.15) is 7.14 Å². The summed E-state index contributed by atoms with van der Waals surface area (Å²) in [6.45, 7) is 1.81. The van der Waals surface area contributed by atoms with Crippen molar-refractivity contribution in [3.8, 4) is 0 Å². The van der Waals surface area contributed by atoms with Gasteiger partial charge in [0.25, 0.3) is 0 Å². The van der Waals surface area contributed by atoms with Gasteiger partial charge in [-0.15, -0.1) is 0 Å². The Morgan fingerprint density at radius 3 is 2.29 bits per heavy atom. The zero-order valence-electron chi connectivity index (χ0n) is 11.9. The first-order valence-electron chi connectivity index (χ1n) is 6.97. The molecule has 3 aromatic carbocycles. The lowest BCUT2D eigenvalue weighted by Gasteiger charge is -2.08. The fourth-order valence-electron chi connectivity index (χ4n) is 2.43. The van der Waals surface area contributed by atoms with E-state index in [1.165, 1.54) is 10.8 Å². The maximum absolute atomic E-state index is 12.8. The van der Waals surface area contributed by atoms with Crippen LogP contribution in [-0.2, 0) is 4.57 Å². The summed E-state index contributed by atoms with van der Waals surface area (Å²) in [4.78, 5) is 0. The van der Waals surface area contributed by atoms with E-state index in [9.17, 15) is 4.57 Å². The van der Waals surface area contributed by atoms with Crippen LogP contribution in [0.1, 0.15) is 5.56 Å². The summed E-state index contributed by atoms with van der Waals surface area (Å²) in [6, 6.07) is 24.1. The van der Waals surface area contributed by atoms with Crippen LogP contribution in [0.15, 0.2) is 78.6 Å². The molecule has 0 bridgehead atoms. The Balaban J connectivity index is 2.00. The minimum Gasteiger partial charge on any atom is -0.315 e. The van der Waals surface area contributed by atoms with Gasteiger partial charge in [-0.05, 0) is 28.8 Å². The van der Waals surface area contributed by atoms with Gasteiger partial charge >= 0.3 is 0 Å². The number of benzene rings is 3. The highest BCUT2D eigenvalue weighted by Gasteiger charge is 2.13. The van der Waals surface area contributed by atoms with E-state index in [2.05, 4.69) is 24.3 Å². The Morgan fingerprint density at radius 1 is 0.810 bits per heavy atom. The minimum atomic E-state index is -2.47. The average molecular weight is 292 g/mol. The van der Waals surface area contributed by atoms with Crippen molar-refractivity contribution < 1.29 is 4.57 Å². The van der Waals surface area contributed by atoms with Gasteiger partial charge in [-0.3, -0.25) is 0 Å². The fraction of sp³-hybridized carbons (Fsp3) is 0.0526. The van der Waals surface area contributed by atoms with Crippen LogP contribution in [0.5, 0.6) is 0 Å². The van der Waals surface area contributed by atoms with Crippen molar-refractivity contribution in [3.05, 3.63) is 84.2 Å². The largest absolute Gasteiger partial charge is 0.315 e. The normalized spacial score (nSPS) is 14.3. The molecule has 0 aliphatic carbocycles.